The summed E-state index contributed by atoms with van der Waals surface area (Å²) in [7, 11) is 11.1. The first-order valence-electron chi connectivity index (χ1n) is 11.2. The molecule has 2 nitrogen and oxygen atoms in total. The molecule has 0 bridgehead atoms. The minimum absolute atomic E-state index is 1.04. The quantitative estimate of drug-likeness (QED) is 0.267. The van der Waals surface area contributed by atoms with Gasteiger partial charge in [-0.05, 0) is 63.8 Å². The first-order valence-corrected chi connectivity index (χ1v) is 16.7. The van der Waals surface area contributed by atoms with Crippen molar-refractivity contribution in [2.75, 3.05) is 22.9 Å². The number of aryl methyl sites for hydroxylation is 6. The van der Waals surface area contributed by atoms with Crippen molar-refractivity contribution in [3.63, 3.8) is 0 Å². The number of nitrogens with zero attached hydrogens (tertiary/aromatic N) is 2. The third-order valence-corrected chi connectivity index (χ3v) is 6.97. The number of halogens is 2. The van der Waals surface area contributed by atoms with Crippen LogP contribution in [-0.2, 0) is 13.5 Å². The largest absolute Gasteiger partial charge is 0.502 e. The zero-order valence-corrected chi connectivity index (χ0v) is 24.9. The normalized spacial score (nSPS) is 12.9. The van der Waals surface area contributed by atoms with Gasteiger partial charge in [-0.3, -0.25) is 0 Å². The van der Waals surface area contributed by atoms with E-state index in [1.54, 1.807) is 6.92 Å². The molecule has 1 heterocycles. The number of rotatable bonds is 3. The topological polar surface area (TPSA) is 6.48 Å². The minimum atomic E-state index is -1.52. The molecule has 0 aromatic heterocycles. The van der Waals surface area contributed by atoms with Crippen molar-refractivity contribution in [3.8, 4) is 0 Å². The standard InChI is InChI=1S/C21H27N2.C5H8.C2H5.2ClH.Ru/c1-14-9-16(3)20(17(4)10-14)22-7-8-23(13-22)21-18(5)11-15(2)12-19(21)6;1-4-5(2)3;1-2;;;/h9-13H,7-8H2,1-6H3;1,4H,2-3H3;1H2,2H3;2*1H;/q-1;;-1;;;+2/p-2. The molecule has 1 fully saturated rings. The third-order valence-electron chi connectivity index (χ3n) is 5.19. The van der Waals surface area contributed by atoms with Gasteiger partial charge in [0.05, 0.1) is 0 Å². The van der Waals surface area contributed by atoms with Crippen LogP contribution in [0.4, 0.5) is 11.4 Å². The van der Waals surface area contributed by atoms with E-state index in [0.29, 0.717) is 0 Å². The Balaban J connectivity index is 0.000000464. The molecule has 2 aromatic rings. The summed E-state index contributed by atoms with van der Waals surface area (Å²) < 4.78 is 1.88. The summed E-state index contributed by atoms with van der Waals surface area (Å²) in [4.78, 5) is 4.81. The Morgan fingerprint density at radius 1 is 0.788 bits per heavy atom. The number of hydrogen-bond acceptors (Lipinski definition) is 2. The molecule has 0 radical (unpaired) electrons. The van der Waals surface area contributed by atoms with Gasteiger partial charge in [-0.2, -0.15) is 13.6 Å². The average Bonchev–Trinajstić information content (AvgIpc) is 3.16. The average molecular weight is 577 g/mol. The molecule has 5 heteroatoms. The van der Waals surface area contributed by atoms with Gasteiger partial charge in [-0.15, -0.1) is 0 Å². The van der Waals surface area contributed by atoms with E-state index in [0.717, 1.165) is 13.1 Å². The maximum Gasteiger partial charge on any atom is 0.0146 e. The van der Waals surface area contributed by atoms with Gasteiger partial charge in [0.25, 0.3) is 0 Å². The van der Waals surface area contributed by atoms with E-state index in [1.165, 1.54) is 50.3 Å². The summed E-state index contributed by atoms with van der Waals surface area (Å²) in [5, 5.41) is 0. The Kier molecular flexibility index (Phi) is 12.9. The minimum Gasteiger partial charge on any atom is -0.502 e. The molecule has 33 heavy (non-hydrogen) atoms. The van der Waals surface area contributed by atoms with Gasteiger partial charge < -0.3 is 16.7 Å². The second-order valence-corrected chi connectivity index (χ2v) is 14.4. The SMILES string of the molecule is CC(C)=C[CH]=[Ru]([Cl])[Cl].Cc1cc(C)c(N2[CH-]N(c3c(C)cc(C)cc3C)CC2)c(C)c1.[CH2-]C. The smallest absolute Gasteiger partial charge is 0.0146 e. The molecule has 1 aliphatic heterocycles. The molecule has 0 atom stereocenters. The second-order valence-electron chi connectivity index (χ2n) is 8.56. The monoisotopic (exact) mass is 576 g/mol. The van der Waals surface area contributed by atoms with E-state index >= 15 is 0 Å². The molecular formula is C28H40Cl2N2Ru-2. The molecule has 1 saturated heterocycles. The van der Waals surface area contributed by atoms with Gasteiger partial charge >= 0.3 is 63.0 Å². The molecular weight excluding hydrogens is 536 g/mol. The predicted molar refractivity (Wildman–Crippen MR) is 149 cm³/mol. The molecule has 0 spiro atoms. The summed E-state index contributed by atoms with van der Waals surface area (Å²) in [6.45, 7) is 26.6. The fraction of sp³-hybridized carbons (Fsp3) is 0.393. The number of hydrogen-bond donors (Lipinski definition) is 0. The van der Waals surface area contributed by atoms with E-state index in [4.69, 9.17) is 19.4 Å². The van der Waals surface area contributed by atoms with Crippen LogP contribution in [0.15, 0.2) is 35.9 Å². The van der Waals surface area contributed by atoms with Crippen LogP contribution >= 0.6 is 19.4 Å². The fourth-order valence-corrected chi connectivity index (χ4v) is 5.58. The van der Waals surface area contributed by atoms with E-state index in [1.807, 2.05) is 24.5 Å². The molecule has 0 unspecified atom stereocenters. The predicted octanol–water partition coefficient (Wildman–Crippen LogP) is 8.50. The molecule has 3 rings (SSSR count). The van der Waals surface area contributed by atoms with E-state index in [9.17, 15) is 0 Å². The van der Waals surface area contributed by atoms with Crippen molar-refractivity contribution in [3.05, 3.63) is 82.9 Å². The van der Waals surface area contributed by atoms with Crippen molar-refractivity contribution in [1.82, 2.24) is 0 Å². The van der Waals surface area contributed by atoms with Crippen molar-refractivity contribution in [1.29, 1.82) is 0 Å². The maximum absolute atomic E-state index is 5.53. The van der Waals surface area contributed by atoms with Crippen molar-refractivity contribution in [2.45, 2.75) is 62.3 Å². The van der Waals surface area contributed by atoms with Crippen LogP contribution < -0.4 is 9.80 Å². The van der Waals surface area contributed by atoms with Gasteiger partial charge in [0.2, 0.25) is 0 Å². The molecule has 0 N–H and O–H groups in total. The summed E-state index contributed by atoms with van der Waals surface area (Å²) in [6.07, 6.45) is 1.96. The van der Waals surface area contributed by atoms with Crippen LogP contribution in [0.2, 0.25) is 0 Å². The van der Waals surface area contributed by atoms with Crippen molar-refractivity contribution >= 4 is 35.4 Å². The molecule has 0 saturated carbocycles. The first-order chi connectivity index (χ1) is 15.5. The Hall–Kier alpha value is -1.15. The van der Waals surface area contributed by atoms with Gasteiger partial charge in [0.15, 0.2) is 0 Å². The third kappa shape index (κ3) is 9.19. The zero-order valence-electron chi connectivity index (χ0n) is 21.7. The Morgan fingerprint density at radius 2 is 1.12 bits per heavy atom. The Labute approximate surface area is 216 Å². The molecule has 0 aliphatic carbocycles. The van der Waals surface area contributed by atoms with Crippen molar-refractivity contribution < 1.29 is 13.5 Å². The van der Waals surface area contributed by atoms with Crippen LogP contribution in [-0.4, -0.2) is 17.7 Å². The van der Waals surface area contributed by atoms with Gasteiger partial charge in [-0.1, -0.05) is 35.4 Å². The molecule has 1 aliphatic rings. The first kappa shape index (κ1) is 29.9. The summed E-state index contributed by atoms with van der Waals surface area (Å²) in [5.41, 5.74) is 12.1. The number of benzene rings is 2. The fourth-order valence-electron chi connectivity index (χ4n) is 4.25. The molecule has 0 amide bonds. The van der Waals surface area contributed by atoms with E-state index in [-0.39, 0.29) is 0 Å². The van der Waals surface area contributed by atoms with Crippen LogP contribution in [0.5, 0.6) is 0 Å². The van der Waals surface area contributed by atoms with Crippen LogP contribution in [0, 0.1) is 55.1 Å². The number of allylic oxidation sites excluding steroid dienone is 2. The van der Waals surface area contributed by atoms with Crippen LogP contribution in [0.25, 0.3) is 0 Å². The summed E-state index contributed by atoms with van der Waals surface area (Å²) in [5.74, 6) is 0. The van der Waals surface area contributed by atoms with E-state index < -0.39 is 13.5 Å². The Morgan fingerprint density at radius 3 is 1.36 bits per heavy atom. The summed E-state index contributed by atoms with van der Waals surface area (Å²) in [6, 6.07) is 9.12. The van der Waals surface area contributed by atoms with Crippen LogP contribution in [0.3, 0.4) is 0 Å². The molecule has 2 aromatic carbocycles. The van der Waals surface area contributed by atoms with Gasteiger partial charge in [0.1, 0.15) is 0 Å². The summed E-state index contributed by atoms with van der Waals surface area (Å²) >= 11 is -1.52. The van der Waals surface area contributed by atoms with Gasteiger partial charge in [0, 0.05) is 24.5 Å². The second kappa shape index (κ2) is 14.3. The maximum atomic E-state index is 5.53. The van der Waals surface area contributed by atoms with Crippen molar-refractivity contribution in [2.24, 2.45) is 0 Å². The molecule has 186 valence electrons. The van der Waals surface area contributed by atoms with E-state index in [2.05, 4.69) is 89.2 Å². The zero-order chi connectivity index (χ0) is 25.3. The Bertz CT molecular complexity index is 862. The van der Waals surface area contributed by atoms with Gasteiger partial charge in [-0.25, -0.2) is 0 Å². The van der Waals surface area contributed by atoms with Crippen LogP contribution in [0.1, 0.15) is 54.2 Å². The number of anilines is 2.